The van der Waals surface area contributed by atoms with Gasteiger partial charge in [-0.05, 0) is 43.0 Å². The van der Waals surface area contributed by atoms with Crippen LogP contribution in [0.15, 0.2) is 53.4 Å². The number of hydrogen-bond acceptors (Lipinski definition) is 4. The van der Waals surface area contributed by atoms with Crippen LogP contribution >= 0.6 is 0 Å². The molecule has 1 aliphatic rings. The predicted octanol–water partition coefficient (Wildman–Crippen LogP) is 3.43. The molecule has 0 saturated carbocycles. The molecule has 1 fully saturated rings. The number of amides is 1. The largest absolute Gasteiger partial charge is 0.463 e. The van der Waals surface area contributed by atoms with Crippen molar-refractivity contribution < 1.29 is 9.21 Å². The average Bonchev–Trinajstić information content (AvgIpc) is 3.33. The van der Waals surface area contributed by atoms with E-state index in [1.165, 1.54) is 0 Å². The zero-order valence-corrected chi connectivity index (χ0v) is 13.2. The summed E-state index contributed by atoms with van der Waals surface area (Å²) in [7, 11) is 0. The van der Waals surface area contributed by atoms with Crippen LogP contribution in [0.4, 0.5) is 0 Å². The highest BCUT2D eigenvalue weighted by Gasteiger charge is 2.30. The van der Waals surface area contributed by atoms with Crippen LogP contribution in [0.5, 0.6) is 0 Å². The van der Waals surface area contributed by atoms with Gasteiger partial charge in [0.2, 0.25) is 0 Å². The number of nitrogens with zero attached hydrogens (tertiary/aromatic N) is 3. The van der Waals surface area contributed by atoms with E-state index in [9.17, 15) is 4.79 Å². The summed E-state index contributed by atoms with van der Waals surface area (Å²) in [6.45, 7) is 0.737. The van der Waals surface area contributed by atoms with Gasteiger partial charge in [-0.25, -0.2) is 0 Å². The Morgan fingerprint density at radius 3 is 3.04 bits per heavy atom. The first-order chi connectivity index (χ1) is 11.8. The Morgan fingerprint density at radius 1 is 1.29 bits per heavy atom. The maximum Gasteiger partial charge on any atom is 0.274 e. The Balaban J connectivity index is 1.60. The fraction of sp³-hybridized carbons (Fsp3) is 0.278. The second-order valence-electron chi connectivity index (χ2n) is 5.94. The summed E-state index contributed by atoms with van der Waals surface area (Å²) in [5, 5.41) is 7.06. The van der Waals surface area contributed by atoms with Gasteiger partial charge in [-0.15, -0.1) is 0 Å². The molecule has 1 aliphatic heterocycles. The lowest BCUT2D eigenvalue weighted by Crippen LogP contribution is -2.38. The number of carbonyl (C=O) groups is 1. The summed E-state index contributed by atoms with van der Waals surface area (Å²) < 4.78 is 5.34. The van der Waals surface area contributed by atoms with E-state index in [4.69, 9.17) is 4.42 Å². The molecule has 0 bridgehead atoms. The smallest absolute Gasteiger partial charge is 0.274 e. The van der Waals surface area contributed by atoms with Gasteiger partial charge in [0, 0.05) is 25.0 Å². The topological polar surface area (TPSA) is 75.0 Å². The molecular weight excluding hydrogens is 304 g/mol. The van der Waals surface area contributed by atoms with E-state index in [-0.39, 0.29) is 11.9 Å². The molecular formula is C18H18N4O2. The maximum atomic E-state index is 13.0. The van der Waals surface area contributed by atoms with E-state index < -0.39 is 0 Å². The summed E-state index contributed by atoms with van der Waals surface area (Å²) in [6, 6.07) is 9.39. The number of rotatable bonds is 3. The van der Waals surface area contributed by atoms with Crippen molar-refractivity contribution in [1.29, 1.82) is 0 Å². The fourth-order valence-electron chi connectivity index (χ4n) is 3.23. The number of nitrogens with one attached hydrogen (secondary N) is 1. The second-order valence-corrected chi connectivity index (χ2v) is 5.94. The number of aromatic nitrogens is 3. The molecule has 1 saturated heterocycles. The van der Waals surface area contributed by atoms with E-state index >= 15 is 0 Å². The molecule has 3 aromatic heterocycles. The summed E-state index contributed by atoms with van der Waals surface area (Å²) in [6.07, 6.45) is 8.27. The first-order valence-electron chi connectivity index (χ1n) is 8.13. The van der Waals surface area contributed by atoms with Crippen molar-refractivity contribution in [1.82, 2.24) is 20.1 Å². The molecule has 1 amide bonds. The standard InChI is InChI=1S/C18H18N4O2/c23-18(15-11-14(20-21-15)17-7-4-10-24-17)22-9-2-1-6-16(22)13-5-3-8-19-12-13/h3-5,7-8,10-12,16H,1-2,6,9H2,(H,20,21)/t16-/m1/s1. The fourth-order valence-corrected chi connectivity index (χ4v) is 3.23. The number of furan rings is 1. The summed E-state index contributed by atoms with van der Waals surface area (Å²) in [5.74, 6) is 0.613. The van der Waals surface area contributed by atoms with Crippen LogP contribution in [-0.2, 0) is 0 Å². The van der Waals surface area contributed by atoms with Crippen molar-refractivity contribution >= 4 is 5.91 Å². The number of pyridine rings is 1. The summed E-state index contributed by atoms with van der Waals surface area (Å²) in [4.78, 5) is 19.1. The number of aromatic amines is 1. The number of carbonyl (C=O) groups excluding carboxylic acids is 1. The third-order valence-electron chi connectivity index (χ3n) is 4.42. The van der Waals surface area contributed by atoms with Crippen LogP contribution in [-0.4, -0.2) is 32.5 Å². The highest BCUT2D eigenvalue weighted by molar-refractivity contribution is 5.93. The van der Waals surface area contributed by atoms with Gasteiger partial charge < -0.3 is 9.32 Å². The first-order valence-corrected chi connectivity index (χ1v) is 8.13. The molecule has 0 radical (unpaired) electrons. The Hall–Kier alpha value is -2.89. The number of likely N-dealkylation sites (tertiary alicyclic amines) is 1. The highest BCUT2D eigenvalue weighted by Crippen LogP contribution is 2.31. The van der Waals surface area contributed by atoms with Gasteiger partial charge in [0.15, 0.2) is 11.5 Å². The van der Waals surface area contributed by atoms with Gasteiger partial charge in [-0.1, -0.05) is 6.07 Å². The van der Waals surface area contributed by atoms with Crippen molar-refractivity contribution in [2.24, 2.45) is 0 Å². The van der Waals surface area contributed by atoms with E-state index in [1.54, 1.807) is 24.6 Å². The molecule has 3 aromatic rings. The minimum Gasteiger partial charge on any atom is -0.463 e. The minimum absolute atomic E-state index is 0.0578. The van der Waals surface area contributed by atoms with Gasteiger partial charge in [-0.2, -0.15) is 5.10 Å². The highest BCUT2D eigenvalue weighted by atomic mass is 16.3. The number of hydrogen-bond donors (Lipinski definition) is 1. The van der Waals surface area contributed by atoms with E-state index in [0.717, 1.165) is 31.4 Å². The SMILES string of the molecule is O=C(c1cc(-c2ccco2)[nH]n1)N1CCCC[C@@H]1c1cccnc1. The molecule has 0 unspecified atom stereocenters. The average molecular weight is 322 g/mol. The first kappa shape index (κ1) is 14.7. The molecule has 0 aromatic carbocycles. The molecule has 1 atom stereocenters. The molecule has 4 heterocycles. The van der Waals surface area contributed by atoms with Crippen molar-refractivity contribution in [3.63, 3.8) is 0 Å². The number of H-pyrrole nitrogens is 1. The minimum atomic E-state index is -0.0578. The Kier molecular flexibility index (Phi) is 3.86. The normalized spacial score (nSPS) is 17.8. The third-order valence-corrected chi connectivity index (χ3v) is 4.42. The van der Waals surface area contributed by atoms with Gasteiger partial charge >= 0.3 is 0 Å². The molecule has 122 valence electrons. The van der Waals surface area contributed by atoms with Crippen molar-refractivity contribution in [2.45, 2.75) is 25.3 Å². The number of piperidine rings is 1. The van der Waals surface area contributed by atoms with Crippen molar-refractivity contribution in [3.05, 3.63) is 60.2 Å². The Labute approximate surface area is 139 Å². The zero-order chi connectivity index (χ0) is 16.4. The monoisotopic (exact) mass is 322 g/mol. The molecule has 24 heavy (non-hydrogen) atoms. The quantitative estimate of drug-likeness (QED) is 0.801. The van der Waals surface area contributed by atoms with Gasteiger partial charge in [0.25, 0.3) is 5.91 Å². The molecule has 0 aliphatic carbocycles. The summed E-state index contributed by atoms with van der Waals surface area (Å²) in [5.41, 5.74) is 2.20. The van der Waals surface area contributed by atoms with Gasteiger partial charge in [0.05, 0.1) is 12.3 Å². The molecule has 4 rings (SSSR count). The van der Waals surface area contributed by atoms with Gasteiger partial charge in [0.1, 0.15) is 5.69 Å². The van der Waals surface area contributed by atoms with Crippen molar-refractivity contribution in [2.75, 3.05) is 6.54 Å². The van der Waals surface area contributed by atoms with Gasteiger partial charge in [-0.3, -0.25) is 14.9 Å². The lowest BCUT2D eigenvalue weighted by atomic mass is 9.96. The van der Waals surface area contributed by atoms with Crippen LogP contribution in [0.1, 0.15) is 41.4 Å². The summed E-state index contributed by atoms with van der Waals surface area (Å²) >= 11 is 0. The molecule has 0 spiro atoms. The predicted molar refractivity (Wildman–Crippen MR) is 88.2 cm³/mol. The van der Waals surface area contributed by atoms with Crippen LogP contribution in [0.25, 0.3) is 11.5 Å². The van der Waals surface area contributed by atoms with E-state index in [1.807, 2.05) is 29.3 Å². The third kappa shape index (κ3) is 2.71. The van der Waals surface area contributed by atoms with E-state index in [0.29, 0.717) is 17.1 Å². The molecule has 1 N–H and O–H groups in total. The van der Waals surface area contributed by atoms with E-state index in [2.05, 4.69) is 15.2 Å². The Bertz CT molecular complexity index is 811. The van der Waals surface area contributed by atoms with Crippen molar-refractivity contribution in [3.8, 4) is 11.5 Å². The second kappa shape index (κ2) is 6.31. The lowest BCUT2D eigenvalue weighted by Gasteiger charge is -2.35. The lowest BCUT2D eigenvalue weighted by molar-refractivity contribution is 0.0605. The molecule has 6 nitrogen and oxygen atoms in total. The Morgan fingerprint density at radius 2 is 2.25 bits per heavy atom. The zero-order valence-electron chi connectivity index (χ0n) is 13.2. The van der Waals surface area contributed by atoms with Crippen LogP contribution in [0.3, 0.4) is 0 Å². The molecule has 6 heteroatoms. The van der Waals surface area contributed by atoms with Crippen LogP contribution < -0.4 is 0 Å². The maximum absolute atomic E-state index is 13.0. The van der Waals surface area contributed by atoms with Crippen LogP contribution in [0.2, 0.25) is 0 Å². The van der Waals surface area contributed by atoms with Crippen LogP contribution in [0, 0.1) is 0 Å².